The van der Waals surface area contributed by atoms with Crippen LogP contribution in [0.25, 0.3) is 0 Å². The third-order valence-electron chi connectivity index (χ3n) is 2.84. The maximum Gasteiger partial charge on any atom is 0.251 e. The number of halogens is 1. The average molecular weight is 322 g/mol. The topological polar surface area (TPSA) is 46.9 Å². The summed E-state index contributed by atoms with van der Waals surface area (Å²) >= 11 is 3.44. The summed E-state index contributed by atoms with van der Waals surface area (Å²) < 4.78 is 2.75. The summed E-state index contributed by atoms with van der Waals surface area (Å²) in [7, 11) is 0. The van der Waals surface area contributed by atoms with Gasteiger partial charge in [0.15, 0.2) is 0 Å². The van der Waals surface area contributed by atoms with Crippen molar-refractivity contribution in [2.45, 2.75) is 26.9 Å². The molecule has 0 atom stereocenters. The molecule has 4 nitrogen and oxygen atoms in total. The van der Waals surface area contributed by atoms with Crippen molar-refractivity contribution in [1.29, 1.82) is 0 Å². The zero-order valence-corrected chi connectivity index (χ0v) is 12.6. The number of nitrogens with one attached hydrogen (secondary N) is 1. The molecule has 0 bridgehead atoms. The van der Waals surface area contributed by atoms with E-state index >= 15 is 0 Å². The fourth-order valence-corrected chi connectivity index (χ4v) is 2.15. The van der Waals surface area contributed by atoms with Gasteiger partial charge in [-0.05, 0) is 41.9 Å². The van der Waals surface area contributed by atoms with Crippen LogP contribution in [0.15, 0.2) is 34.9 Å². The van der Waals surface area contributed by atoms with Crippen LogP contribution in [0.4, 0.5) is 0 Å². The molecular weight excluding hydrogens is 306 g/mol. The lowest BCUT2D eigenvalue weighted by Crippen LogP contribution is -2.23. The number of hydrogen-bond donors (Lipinski definition) is 1. The fraction of sp³-hybridized carbons (Fsp3) is 0.286. The van der Waals surface area contributed by atoms with Gasteiger partial charge in [0.25, 0.3) is 5.91 Å². The average Bonchev–Trinajstić information content (AvgIpc) is 2.77. The van der Waals surface area contributed by atoms with Gasteiger partial charge in [0.05, 0.1) is 16.7 Å². The lowest BCUT2D eigenvalue weighted by molar-refractivity contribution is 0.0950. The summed E-state index contributed by atoms with van der Waals surface area (Å²) in [4.78, 5) is 12.0. The predicted molar refractivity (Wildman–Crippen MR) is 78.0 cm³/mol. The van der Waals surface area contributed by atoms with Crippen molar-refractivity contribution in [2.24, 2.45) is 0 Å². The monoisotopic (exact) mass is 321 g/mol. The van der Waals surface area contributed by atoms with Crippen LogP contribution in [0.3, 0.4) is 0 Å². The van der Waals surface area contributed by atoms with Crippen LogP contribution in [0.5, 0.6) is 0 Å². The number of hydrogen-bond acceptors (Lipinski definition) is 2. The molecule has 0 radical (unpaired) electrons. The van der Waals surface area contributed by atoms with Crippen LogP contribution >= 0.6 is 15.9 Å². The molecule has 1 amide bonds. The quantitative estimate of drug-likeness (QED) is 0.941. The van der Waals surface area contributed by atoms with Crippen LogP contribution in [-0.4, -0.2) is 15.7 Å². The molecule has 2 rings (SSSR count). The van der Waals surface area contributed by atoms with Crippen LogP contribution in [0.1, 0.15) is 28.5 Å². The lowest BCUT2D eigenvalue weighted by atomic mass is 10.1. The molecule has 0 aliphatic rings. The van der Waals surface area contributed by atoms with Crippen LogP contribution in [-0.2, 0) is 13.1 Å². The van der Waals surface area contributed by atoms with Gasteiger partial charge in [-0.25, -0.2) is 0 Å². The van der Waals surface area contributed by atoms with Crippen LogP contribution < -0.4 is 5.32 Å². The first kappa shape index (κ1) is 13.8. The summed E-state index contributed by atoms with van der Waals surface area (Å²) in [6, 6.07) is 7.50. The van der Waals surface area contributed by atoms with Crippen molar-refractivity contribution in [2.75, 3.05) is 0 Å². The van der Waals surface area contributed by atoms with E-state index in [1.165, 1.54) is 0 Å². The maximum atomic E-state index is 12.0. The minimum Gasteiger partial charge on any atom is -0.346 e. The van der Waals surface area contributed by atoms with E-state index in [0.717, 1.165) is 22.3 Å². The smallest absolute Gasteiger partial charge is 0.251 e. The van der Waals surface area contributed by atoms with E-state index in [9.17, 15) is 4.79 Å². The second kappa shape index (κ2) is 6.02. The Bertz CT molecular complexity index is 575. The number of benzene rings is 1. The van der Waals surface area contributed by atoms with Gasteiger partial charge >= 0.3 is 0 Å². The molecule has 0 unspecified atom stereocenters. The second-order valence-corrected chi connectivity index (χ2v) is 5.18. The predicted octanol–water partition coefficient (Wildman–Crippen LogP) is 2.90. The molecule has 0 aliphatic heterocycles. The normalized spacial score (nSPS) is 10.5. The highest BCUT2D eigenvalue weighted by Crippen LogP contribution is 2.14. The minimum atomic E-state index is -0.0852. The Morgan fingerprint density at radius 2 is 2.05 bits per heavy atom. The van der Waals surface area contributed by atoms with Crippen molar-refractivity contribution in [1.82, 2.24) is 15.1 Å². The Kier molecular flexibility index (Phi) is 4.37. The largest absolute Gasteiger partial charge is 0.346 e. The molecule has 1 heterocycles. The Morgan fingerprint density at radius 1 is 1.37 bits per heavy atom. The molecule has 5 heteroatoms. The van der Waals surface area contributed by atoms with Crippen molar-refractivity contribution in [3.63, 3.8) is 0 Å². The SMILES string of the molecule is CCn1cc(Br)c(CNC(=O)c2ccc(C)cc2)n1. The van der Waals surface area contributed by atoms with E-state index in [4.69, 9.17) is 0 Å². The standard InChI is InChI=1S/C14H16BrN3O/c1-3-18-9-12(15)13(17-18)8-16-14(19)11-6-4-10(2)5-7-11/h4-7,9H,3,8H2,1-2H3,(H,16,19). The zero-order chi connectivity index (χ0) is 13.8. The minimum absolute atomic E-state index is 0.0852. The fourth-order valence-electron chi connectivity index (χ4n) is 1.69. The van der Waals surface area contributed by atoms with E-state index in [2.05, 4.69) is 26.3 Å². The van der Waals surface area contributed by atoms with E-state index in [1.54, 1.807) is 0 Å². The van der Waals surface area contributed by atoms with Gasteiger partial charge in [-0.15, -0.1) is 0 Å². The highest BCUT2D eigenvalue weighted by atomic mass is 79.9. The first-order chi connectivity index (χ1) is 9.10. The first-order valence-electron chi connectivity index (χ1n) is 6.17. The Labute approximate surface area is 120 Å². The molecular formula is C14H16BrN3O. The third-order valence-corrected chi connectivity index (χ3v) is 3.50. The second-order valence-electron chi connectivity index (χ2n) is 4.33. The van der Waals surface area contributed by atoms with Crippen molar-refractivity contribution in [3.05, 3.63) is 51.8 Å². The molecule has 0 aliphatic carbocycles. The number of amides is 1. The van der Waals surface area contributed by atoms with Gasteiger partial charge in [-0.2, -0.15) is 5.10 Å². The molecule has 0 saturated carbocycles. The van der Waals surface area contributed by atoms with E-state index < -0.39 is 0 Å². The number of aromatic nitrogens is 2. The van der Waals surface area contributed by atoms with E-state index in [0.29, 0.717) is 12.1 Å². The Hall–Kier alpha value is -1.62. The van der Waals surface area contributed by atoms with Gasteiger partial charge in [0.1, 0.15) is 0 Å². The molecule has 0 spiro atoms. The molecule has 19 heavy (non-hydrogen) atoms. The van der Waals surface area contributed by atoms with Gasteiger partial charge < -0.3 is 5.32 Å². The lowest BCUT2D eigenvalue weighted by Gasteiger charge is -2.04. The summed E-state index contributed by atoms with van der Waals surface area (Å²) in [6.07, 6.45) is 1.91. The van der Waals surface area contributed by atoms with Gasteiger partial charge in [0, 0.05) is 18.3 Å². The summed E-state index contributed by atoms with van der Waals surface area (Å²) in [5, 5.41) is 7.23. The van der Waals surface area contributed by atoms with Crippen molar-refractivity contribution < 1.29 is 4.79 Å². The molecule has 0 fully saturated rings. The van der Waals surface area contributed by atoms with Crippen LogP contribution in [0.2, 0.25) is 0 Å². The number of carbonyl (C=O) groups excluding carboxylic acids is 1. The number of carbonyl (C=O) groups is 1. The third kappa shape index (κ3) is 3.44. The van der Waals surface area contributed by atoms with E-state index in [-0.39, 0.29) is 5.91 Å². The molecule has 1 aromatic carbocycles. The van der Waals surface area contributed by atoms with Gasteiger partial charge in [0.2, 0.25) is 0 Å². The number of aryl methyl sites for hydroxylation is 2. The summed E-state index contributed by atoms with van der Waals surface area (Å²) in [5.41, 5.74) is 2.64. The highest BCUT2D eigenvalue weighted by molar-refractivity contribution is 9.10. The molecule has 1 N–H and O–H groups in total. The summed E-state index contributed by atoms with van der Waals surface area (Å²) in [6.45, 7) is 5.25. The Balaban J connectivity index is 2.00. The summed E-state index contributed by atoms with van der Waals surface area (Å²) in [5.74, 6) is -0.0852. The van der Waals surface area contributed by atoms with Crippen molar-refractivity contribution >= 4 is 21.8 Å². The molecule has 2 aromatic rings. The molecule has 100 valence electrons. The molecule has 0 saturated heterocycles. The maximum absolute atomic E-state index is 12.0. The van der Waals surface area contributed by atoms with Crippen LogP contribution in [0, 0.1) is 6.92 Å². The van der Waals surface area contributed by atoms with Gasteiger partial charge in [-0.1, -0.05) is 17.7 Å². The Morgan fingerprint density at radius 3 is 2.63 bits per heavy atom. The van der Waals surface area contributed by atoms with E-state index in [1.807, 2.05) is 49.0 Å². The molecule has 1 aromatic heterocycles. The van der Waals surface area contributed by atoms with Crippen molar-refractivity contribution in [3.8, 4) is 0 Å². The van der Waals surface area contributed by atoms with Gasteiger partial charge in [-0.3, -0.25) is 9.48 Å². The first-order valence-corrected chi connectivity index (χ1v) is 6.96. The number of rotatable bonds is 4. The number of nitrogens with zero attached hydrogens (tertiary/aromatic N) is 2. The highest BCUT2D eigenvalue weighted by Gasteiger charge is 2.09. The zero-order valence-electron chi connectivity index (χ0n) is 11.0.